The Bertz CT molecular complexity index is 3260. The number of hydrogen-bond acceptors (Lipinski definition) is 4. The molecule has 0 aliphatic rings. The first-order valence-corrected chi connectivity index (χ1v) is 18.5. The van der Waals surface area contributed by atoms with E-state index in [9.17, 15) is 0 Å². The summed E-state index contributed by atoms with van der Waals surface area (Å²) in [6, 6.07) is 65.9. The number of hydrogen-bond donors (Lipinski definition) is 0. The van der Waals surface area contributed by atoms with Crippen LogP contribution in [0.3, 0.4) is 0 Å². The van der Waals surface area contributed by atoms with Gasteiger partial charge < -0.3 is 4.42 Å². The summed E-state index contributed by atoms with van der Waals surface area (Å²) in [5.41, 5.74) is 9.16. The van der Waals surface area contributed by atoms with Gasteiger partial charge in [0.2, 0.25) is 0 Å². The van der Waals surface area contributed by atoms with Gasteiger partial charge in [-0.3, -0.25) is 0 Å². The van der Waals surface area contributed by atoms with Crippen molar-refractivity contribution >= 4 is 54.3 Å². The van der Waals surface area contributed by atoms with Gasteiger partial charge in [-0.1, -0.05) is 146 Å². The van der Waals surface area contributed by atoms with E-state index in [1.54, 1.807) is 0 Å². The third-order valence-electron chi connectivity index (χ3n) is 10.7. The normalized spacial score (nSPS) is 11.6. The summed E-state index contributed by atoms with van der Waals surface area (Å²) in [7, 11) is 0. The Labute approximate surface area is 317 Å². The second-order valence-electron chi connectivity index (χ2n) is 14.0. The van der Waals surface area contributed by atoms with E-state index in [2.05, 4.69) is 170 Å². The average molecular weight is 702 g/mol. The van der Waals surface area contributed by atoms with Crippen LogP contribution in [0.15, 0.2) is 192 Å². The van der Waals surface area contributed by atoms with E-state index < -0.39 is 0 Å². The lowest BCUT2D eigenvalue weighted by Crippen LogP contribution is -2.00. The summed E-state index contributed by atoms with van der Waals surface area (Å²) in [6.45, 7) is 0. The van der Waals surface area contributed by atoms with E-state index in [0.29, 0.717) is 17.5 Å². The van der Waals surface area contributed by atoms with Crippen molar-refractivity contribution in [2.75, 3.05) is 0 Å². The SMILES string of the molecule is c1ccc(-c2ccc3cc(-c4nc(-c5cc(-c6ccccc6)c6ccccc6c5)nc(-c5ccc6ccc7oc8ccccc8c7c6c5)n4)ccc3c2)cc1. The molecule has 11 rings (SSSR count). The molecule has 55 heavy (non-hydrogen) atoms. The molecule has 0 bridgehead atoms. The molecule has 9 aromatic carbocycles. The summed E-state index contributed by atoms with van der Waals surface area (Å²) < 4.78 is 6.27. The van der Waals surface area contributed by atoms with E-state index in [0.717, 1.165) is 76.7 Å². The maximum Gasteiger partial charge on any atom is 0.164 e. The lowest BCUT2D eigenvalue weighted by molar-refractivity contribution is 0.669. The van der Waals surface area contributed by atoms with Gasteiger partial charge >= 0.3 is 0 Å². The van der Waals surface area contributed by atoms with E-state index in [1.165, 1.54) is 16.5 Å². The van der Waals surface area contributed by atoms with Crippen molar-refractivity contribution in [3.8, 4) is 56.4 Å². The Hall–Kier alpha value is -7.43. The number of benzene rings is 9. The van der Waals surface area contributed by atoms with Gasteiger partial charge in [-0.2, -0.15) is 0 Å². The first-order chi connectivity index (χ1) is 27.2. The Morgan fingerprint density at radius 1 is 0.291 bits per heavy atom. The van der Waals surface area contributed by atoms with Crippen LogP contribution in [-0.4, -0.2) is 15.0 Å². The predicted octanol–water partition coefficient (Wildman–Crippen LogP) is 13.6. The van der Waals surface area contributed by atoms with Crippen LogP contribution in [0.1, 0.15) is 0 Å². The highest BCUT2D eigenvalue weighted by atomic mass is 16.3. The number of rotatable bonds is 5. The van der Waals surface area contributed by atoms with Gasteiger partial charge in [-0.15, -0.1) is 0 Å². The van der Waals surface area contributed by atoms with Crippen LogP contribution < -0.4 is 0 Å². The molecule has 0 atom stereocenters. The minimum atomic E-state index is 0.612. The average Bonchev–Trinajstić information content (AvgIpc) is 3.65. The van der Waals surface area contributed by atoms with Gasteiger partial charge in [-0.25, -0.2) is 15.0 Å². The smallest absolute Gasteiger partial charge is 0.164 e. The second-order valence-corrected chi connectivity index (χ2v) is 14.0. The zero-order valence-electron chi connectivity index (χ0n) is 29.6. The van der Waals surface area contributed by atoms with Gasteiger partial charge in [0.05, 0.1) is 0 Å². The van der Waals surface area contributed by atoms with Gasteiger partial charge in [0.25, 0.3) is 0 Å². The molecule has 4 heteroatoms. The minimum absolute atomic E-state index is 0.612. The summed E-state index contributed by atoms with van der Waals surface area (Å²) >= 11 is 0. The fourth-order valence-corrected chi connectivity index (χ4v) is 7.94. The number of fused-ring (bicyclic) bond motifs is 7. The molecular weight excluding hydrogens is 671 g/mol. The van der Waals surface area contributed by atoms with Crippen molar-refractivity contribution in [3.05, 3.63) is 188 Å². The molecule has 2 heterocycles. The first kappa shape index (κ1) is 31.1. The Morgan fingerprint density at radius 3 is 1.60 bits per heavy atom. The van der Waals surface area contributed by atoms with Gasteiger partial charge in [-0.05, 0) is 97.0 Å². The zero-order chi connectivity index (χ0) is 36.3. The number of aromatic nitrogens is 3. The lowest BCUT2D eigenvalue weighted by atomic mass is 9.95. The van der Waals surface area contributed by atoms with Crippen LogP contribution in [-0.2, 0) is 0 Å². The largest absolute Gasteiger partial charge is 0.456 e. The van der Waals surface area contributed by atoms with Crippen LogP contribution in [0.5, 0.6) is 0 Å². The number of para-hydroxylation sites is 1. The highest BCUT2D eigenvalue weighted by molar-refractivity contribution is 6.19. The third kappa shape index (κ3) is 5.43. The van der Waals surface area contributed by atoms with E-state index in [4.69, 9.17) is 19.4 Å². The fourth-order valence-electron chi connectivity index (χ4n) is 7.94. The molecule has 0 aliphatic heterocycles. The molecule has 4 nitrogen and oxygen atoms in total. The lowest BCUT2D eigenvalue weighted by Gasteiger charge is -2.13. The monoisotopic (exact) mass is 701 g/mol. The van der Waals surface area contributed by atoms with Crippen molar-refractivity contribution in [1.29, 1.82) is 0 Å². The molecule has 0 saturated carbocycles. The molecule has 0 amide bonds. The molecule has 0 spiro atoms. The second kappa shape index (κ2) is 12.6. The first-order valence-electron chi connectivity index (χ1n) is 18.5. The highest BCUT2D eigenvalue weighted by Gasteiger charge is 2.17. The maximum absolute atomic E-state index is 6.27. The zero-order valence-corrected chi connectivity index (χ0v) is 29.6. The summed E-state index contributed by atoms with van der Waals surface area (Å²) in [5, 5.41) is 9.00. The highest BCUT2D eigenvalue weighted by Crippen LogP contribution is 2.38. The molecule has 0 unspecified atom stereocenters. The molecular formula is C51H31N3O. The van der Waals surface area contributed by atoms with E-state index >= 15 is 0 Å². The number of nitrogens with zero attached hydrogens (tertiary/aromatic N) is 3. The van der Waals surface area contributed by atoms with Crippen molar-refractivity contribution < 1.29 is 4.42 Å². The van der Waals surface area contributed by atoms with Gasteiger partial charge in [0.1, 0.15) is 11.2 Å². The quantitative estimate of drug-likeness (QED) is 0.179. The molecule has 0 fully saturated rings. The van der Waals surface area contributed by atoms with Crippen molar-refractivity contribution in [1.82, 2.24) is 15.0 Å². The Balaban J connectivity index is 1.12. The summed E-state index contributed by atoms with van der Waals surface area (Å²) in [4.78, 5) is 15.7. The minimum Gasteiger partial charge on any atom is -0.456 e. The number of furan rings is 1. The standard InChI is InChI=1S/C51H31N3O/c1-3-11-32(12-4-1)35-20-21-37-28-39(24-22-36(37)27-35)49-52-50(40-23-19-34-25-26-47-48(45(34)30-40)43-17-9-10-18-46(43)55-47)54-51(53-49)41-29-38-15-7-8-16-42(38)44(31-41)33-13-5-2-6-14-33/h1-31H. The van der Waals surface area contributed by atoms with Crippen LogP contribution >= 0.6 is 0 Å². The van der Waals surface area contributed by atoms with Gasteiger partial charge in [0, 0.05) is 27.5 Å². The fraction of sp³-hybridized carbons (Fsp3) is 0. The van der Waals surface area contributed by atoms with Crippen LogP contribution in [0.25, 0.3) is 111 Å². The van der Waals surface area contributed by atoms with Crippen molar-refractivity contribution in [2.45, 2.75) is 0 Å². The van der Waals surface area contributed by atoms with E-state index in [1.807, 2.05) is 18.2 Å². The maximum atomic E-state index is 6.27. The van der Waals surface area contributed by atoms with Crippen LogP contribution in [0.2, 0.25) is 0 Å². The molecule has 11 aromatic rings. The van der Waals surface area contributed by atoms with Crippen molar-refractivity contribution in [3.63, 3.8) is 0 Å². The summed E-state index contributed by atoms with van der Waals surface area (Å²) in [5.74, 6) is 1.85. The Morgan fingerprint density at radius 2 is 0.836 bits per heavy atom. The Kier molecular flexibility index (Phi) is 7.14. The van der Waals surface area contributed by atoms with Crippen LogP contribution in [0, 0.1) is 0 Å². The summed E-state index contributed by atoms with van der Waals surface area (Å²) in [6.07, 6.45) is 0. The molecule has 2 aromatic heterocycles. The molecule has 0 radical (unpaired) electrons. The van der Waals surface area contributed by atoms with Crippen molar-refractivity contribution in [2.24, 2.45) is 0 Å². The topological polar surface area (TPSA) is 51.8 Å². The molecule has 0 aliphatic carbocycles. The molecule has 256 valence electrons. The predicted molar refractivity (Wildman–Crippen MR) is 227 cm³/mol. The van der Waals surface area contributed by atoms with Gasteiger partial charge in [0.15, 0.2) is 17.5 Å². The molecule has 0 saturated heterocycles. The third-order valence-corrected chi connectivity index (χ3v) is 10.7. The molecule has 0 N–H and O–H groups in total. The van der Waals surface area contributed by atoms with E-state index in [-0.39, 0.29) is 0 Å². The van der Waals surface area contributed by atoms with Crippen LogP contribution in [0.4, 0.5) is 0 Å².